The summed E-state index contributed by atoms with van der Waals surface area (Å²) in [7, 11) is 0. The highest BCUT2D eigenvalue weighted by Gasteiger charge is 2.44. The lowest BCUT2D eigenvalue weighted by Crippen LogP contribution is -2.45. The van der Waals surface area contributed by atoms with Gasteiger partial charge in [0.25, 0.3) is 0 Å². The van der Waals surface area contributed by atoms with Gasteiger partial charge < -0.3 is 9.84 Å². The number of thioether (sulfide) groups is 1. The van der Waals surface area contributed by atoms with Gasteiger partial charge in [0, 0.05) is 5.75 Å². The Bertz CT molecular complexity index is 495. The number of carboxylic acids is 1. The summed E-state index contributed by atoms with van der Waals surface area (Å²) in [6.45, 7) is 5.30. The SMILES string of the molecule is CC(C)(C)OC(=O)N1C(C(=O)O)CSC1c1ccsc1. The molecule has 2 heterocycles. The number of rotatable bonds is 2. The molecule has 1 aromatic heterocycles. The summed E-state index contributed by atoms with van der Waals surface area (Å²) in [5.74, 6) is -0.629. The Labute approximate surface area is 125 Å². The maximum Gasteiger partial charge on any atom is 0.412 e. The first-order valence-corrected chi connectivity index (χ1v) is 8.16. The van der Waals surface area contributed by atoms with Gasteiger partial charge in [-0.1, -0.05) is 0 Å². The molecule has 0 radical (unpaired) electrons. The Morgan fingerprint density at radius 2 is 2.15 bits per heavy atom. The molecule has 110 valence electrons. The molecule has 1 amide bonds. The number of ether oxygens (including phenoxy) is 1. The smallest absolute Gasteiger partial charge is 0.412 e. The third-order valence-electron chi connectivity index (χ3n) is 2.72. The number of nitrogens with zero attached hydrogens (tertiary/aromatic N) is 1. The molecular weight excluding hydrogens is 298 g/mol. The Morgan fingerprint density at radius 3 is 2.65 bits per heavy atom. The maximum absolute atomic E-state index is 12.3. The second kappa shape index (κ2) is 5.65. The van der Waals surface area contributed by atoms with E-state index < -0.39 is 23.7 Å². The van der Waals surface area contributed by atoms with E-state index in [-0.39, 0.29) is 5.37 Å². The molecule has 1 aromatic rings. The zero-order chi connectivity index (χ0) is 14.9. The molecule has 1 N–H and O–H groups in total. The number of aliphatic carboxylic acids is 1. The molecule has 5 nitrogen and oxygen atoms in total. The van der Waals surface area contributed by atoms with Crippen LogP contribution in [-0.2, 0) is 9.53 Å². The van der Waals surface area contributed by atoms with Crippen molar-refractivity contribution in [1.29, 1.82) is 0 Å². The van der Waals surface area contributed by atoms with E-state index in [4.69, 9.17) is 4.74 Å². The van der Waals surface area contributed by atoms with Gasteiger partial charge in [-0.25, -0.2) is 9.59 Å². The average molecular weight is 315 g/mol. The quantitative estimate of drug-likeness (QED) is 0.908. The molecule has 1 saturated heterocycles. The number of amides is 1. The van der Waals surface area contributed by atoms with Crippen molar-refractivity contribution in [3.8, 4) is 0 Å². The number of carbonyl (C=O) groups is 2. The summed E-state index contributed by atoms with van der Waals surface area (Å²) < 4.78 is 5.34. The molecule has 0 spiro atoms. The summed E-state index contributed by atoms with van der Waals surface area (Å²) in [6.07, 6.45) is -0.578. The molecule has 0 aromatic carbocycles. The number of carboxylic acid groups (broad SMARTS) is 1. The Kier molecular flexibility index (Phi) is 4.29. The van der Waals surface area contributed by atoms with E-state index in [0.29, 0.717) is 5.75 Å². The van der Waals surface area contributed by atoms with Crippen molar-refractivity contribution in [2.45, 2.75) is 37.8 Å². The maximum atomic E-state index is 12.3. The summed E-state index contributed by atoms with van der Waals surface area (Å²) in [5.41, 5.74) is 0.293. The monoisotopic (exact) mass is 315 g/mol. The van der Waals surface area contributed by atoms with Crippen LogP contribution in [-0.4, -0.2) is 39.5 Å². The first-order chi connectivity index (χ1) is 9.29. The minimum absolute atomic E-state index is 0.294. The van der Waals surface area contributed by atoms with E-state index >= 15 is 0 Å². The standard InChI is InChI=1S/C13H17NO4S2/c1-13(2,3)18-12(17)14-9(11(15)16)7-20-10(14)8-4-5-19-6-8/h4-6,9-10H,7H2,1-3H3,(H,15,16). The van der Waals surface area contributed by atoms with Gasteiger partial charge in [-0.3, -0.25) is 4.90 Å². The first kappa shape index (κ1) is 15.2. The van der Waals surface area contributed by atoms with Crippen LogP contribution in [0.3, 0.4) is 0 Å². The van der Waals surface area contributed by atoms with Gasteiger partial charge in [0.1, 0.15) is 17.0 Å². The van der Waals surface area contributed by atoms with Gasteiger partial charge in [-0.15, -0.1) is 11.8 Å². The number of carbonyl (C=O) groups excluding carboxylic acids is 1. The van der Waals surface area contributed by atoms with E-state index in [9.17, 15) is 14.7 Å². The lowest BCUT2D eigenvalue weighted by Gasteiger charge is -2.30. The van der Waals surface area contributed by atoms with Crippen LogP contribution in [0.25, 0.3) is 0 Å². The van der Waals surface area contributed by atoms with Crippen LogP contribution in [0.15, 0.2) is 16.8 Å². The Balaban J connectivity index is 2.25. The fourth-order valence-corrected chi connectivity index (χ4v) is 4.07. The number of hydrogen-bond donors (Lipinski definition) is 1. The molecule has 0 aliphatic carbocycles. The lowest BCUT2D eigenvalue weighted by atomic mass is 10.2. The molecule has 0 bridgehead atoms. The zero-order valence-electron chi connectivity index (χ0n) is 11.5. The summed E-state index contributed by atoms with van der Waals surface area (Å²) in [4.78, 5) is 25.0. The van der Waals surface area contributed by atoms with Gasteiger partial charge in [-0.05, 0) is 43.2 Å². The van der Waals surface area contributed by atoms with Gasteiger partial charge in [0.15, 0.2) is 0 Å². The van der Waals surface area contributed by atoms with E-state index in [1.54, 1.807) is 20.8 Å². The largest absolute Gasteiger partial charge is 0.480 e. The molecule has 2 atom stereocenters. The Morgan fingerprint density at radius 1 is 1.45 bits per heavy atom. The molecular formula is C13H17NO4S2. The highest BCUT2D eigenvalue weighted by atomic mass is 32.2. The highest BCUT2D eigenvalue weighted by molar-refractivity contribution is 7.99. The molecule has 7 heteroatoms. The summed E-state index contributed by atoms with van der Waals surface area (Å²) >= 11 is 2.97. The Hall–Kier alpha value is -1.21. The summed E-state index contributed by atoms with van der Waals surface area (Å²) in [6, 6.07) is 1.06. The molecule has 2 unspecified atom stereocenters. The van der Waals surface area contributed by atoms with E-state index in [0.717, 1.165) is 5.56 Å². The van der Waals surface area contributed by atoms with E-state index in [1.807, 2.05) is 16.8 Å². The van der Waals surface area contributed by atoms with Crippen LogP contribution < -0.4 is 0 Å². The van der Waals surface area contributed by atoms with Crippen LogP contribution in [0.2, 0.25) is 0 Å². The predicted octanol–water partition coefficient (Wildman–Crippen LogP) is 3.18. The molecule has 1 aliphatic heterocycles. The number of hydrogen-bond acceptors (Lipinski definition) is 5. The number of thiophene rings is 1. The van der Waals surface area contributed by atoms with E-state index in [1.165, 1.54) is 28.0 Å². The van der Waals surface area contributed by atoms with Crippen LogP contribution >= 0.6 is 23.1 Å². The topological polar surface area (TPSA) is 66.8 Å². The van der Waals surface area contributed by atoms with Gasteiger partial charge in [0.05, 0.1) is 0 Å². The fourth-order valence-electron chi connectivity index (χ4n) is 1.91. The first-order valence-electron chi connectivity index (χ1n) is 6.17. The minimum atomic E-state index is -0.999. The van der Waals surface area contributed by atoms with Crippen molar-refractivity contribution in [2.24, 2.45) is 0 Å². The van der Waals surface area contributed by atoms with Crippen molar-refractivity contribution >= 4 is 35.2 Å². The second-order valence-electron chi connectivity index (χ2n) is 5.48. The van der Waals surface area contributed by atoms with Crippen molar-refractivity contribution in [3.63, 3.8) is 0 Å². The third-order valence-corrected chi connectivity index (χ3v) is 4.74. The highest BCUT2D eigenvalue weighted by Crippen LogP contribution is 2.42. The van der Waals surface area contributed by atoms with Crippen molar-refractivity contribution < 1.29 is 19.4 Å². The van der Waals surface area contributed by atoms with Crippen LogP contribution in [0.4, 0.5) is 4.79 Å². The normalized spacial score (nSPS) is 22.9. The minimum Gasteiger partial charge on any atom is -0.480 e. The molecule has 0 saturated carbocycles. The fraction of sp³-hybridized carbons (Fsp3) is 0.538. The molecule has 1 aliphatic rings. The summed E-state index contributed by atoms with van der Waals surface area (Å²) in [5, 5.41) is 12.8. The zero-order valence-corrected chi connectivity index (χ0v) is 13.2. The van der Waals surface area contributed by atoms with Gasteiger partial charge in [0.2, 0.25) is 0 Å². The lowest BCUT2D eigenvalue weighted by molar-refractivity contribution is -0.142. The van der Waals surface area contributed by atoms with Crippen molar-refractivity contribution in [2.75, 3.05) is 5.75 Å². The van der Waals surface area contributed by atoms with Crippen LogP contribution in [0.5, 0.6) is 0 Å². The van der Waals surface area contributed by atoms with Crippen molar-refractivity contribution in [3.05, 3.63) is 22.4 Å². The molecule has 2 rings (SSSR count). The van der Waals surface area contributed by atoms with Gasteiger partial charge >= 0.3 is 12.1 Å². The van der Waals surface area contributed by atoms with Crippen molar-refractivity contribution in [1.82, 2.24) is 4.90 Å². The molecule has 1 fully saturated rings. The second-order valence-corrected chi connectivity index (χ2v) is 7.38. The van der Waals surface area contributed by atoms with E-state index in [2.05, 4.69) is 0 Å². The van der Waals surface area contributed by atoms with Gasteiger partial charge in [-0.2, -0.15) is 11.3 Å². The average Bonchev–Trinajstić information content (AvgIpc) is 2.95. The molecule has 20 heavy (non-hydrogen) atoms. The third kappa shape index (κ3) is 3.27. The predicted molar refractivity (Wildman–Crippen MR) is 79.0 cm³/mol. The van der Waals surface area contributed by atoms with Crippen LogP contribution in [0.1, 0.15) is 31.7 Å². The van der Waals surface area contributed by atoms with Crippen LogP contribution in [0, 0.1) is 0 Å².